The first-order valence-electron chi connectivity index (χ1n) is 6.95. The number of rotatable bonds is 5. The Balaban J connectivity index is 2.58. The first-order valence-corrected chi connectivity index (χ1v) is 6.95. The van der Waals surface area contributed by atoms with E-state index in [2.05, 4.69) is 39.1 Å². The van der Waals surface area contributed by atoms with E-state index in [1.54, 1.807) is 5.57 Å². The highest BCUT2D eigenvalue weighted by Crippen LogP contribution is 2.28. The van der Waals surface area contributed by atoms with Gasteiger partial charge in [0.15, 0.2) is 0 Å². The Morgan fingerprint density at radius 3 is 2.56 bits per heavy atom. The van der Waals surface area contributed by atoms with E-state index in [0.717, 1.165) is 6.54 Å². The normalized spacial score (nSPS) is 19.4. The summed E-state index contributed by atoms with van der Waals surface area (Å²) in [6.45, 7) is 10.4. The minimum absolute atomic E-state index is 0.420. The van der Waals surface area contributed by atoms with Gasteiger partial charge in [0.1, 0.15) is 0 Å². The highest BCUT2D eigenvalue weighted by molar-refractivity contribution is 5.13. The van der Waals surface area contributed by atoms with Crippen molar-refractivity contribution in [3.05, 3.63) is 11.6 Å². The van der Waals surface area contributed by atoms with Gasteiger partial charge in [0, 0.05) is 6.04 Å². The molecular formula is C15H29N. The molecule has 94 valence electrons. The second-order valence-corrected chi connectivity index (χ2v) is 6.30. The SMILES string of the molecule is CCCNC(CC(C)(C)C)C1=CCCCC1. The molecule has 16 heavy (non-hydrogen) atoms. The Morgan fingerprint density at radius 2 is 2.06 bits per heavy atom. The van der Waals surface area contributed by atoms with E-state index in [-0.39, 0.29) is 0 Å². The minimum atomic E-state index is 0.420. The number of allylic oxidation sites excluding steroid dienone is 1. The summed E-state index contributed by atoms with van der Waals surface area (Å²) in [5.41, 5.74) is 2.10. The maximum Gasteiger partial charge on any atom is 0.0284 e. The second kappa shape index (κ2) is 6.44. The lowest BCUT2D eigenvalue weighted by Crippen LogP contribution is -2.35. The molecule has 0 aromatic rings. The molecule has 0 saturated carbocycles. The summed E-state index contributed by atoms with van der Waals surface area (Å²) in [4.78, 5) is 0. The summed E-state index contributed by atoms with van der Waals surface area (Å²) in [5.74, 6) is 0. The van der Waals surface area contributed by atoms with Gasteiger partial charge in [-0.05, 0) is 50.5 Å². The van der Waals surface area contributed by atoms with Crippen molar-refractivity contribution in [1.82, 2.24) is 5.32 Å². The topological polar surface area (TPSA) is 12.0 Å². The van der Waals surface area contributed by atoms with Crippen molar-refractivity contribution in [1.29, 1.82) is 0 Å². The van der Waals surface area contributed by atoms with Crippen molar-refractivity contribution >= 4 is 0 Å². The van der Waals surface area contributed by atoms with Crippen molar-refractivity contribution in [2.45, 2.75) is 72.3 Å². The van der Waals surface area contributed by atoms with Crippen molar-refractivity contribution in [2.75, 3.05) is 6.54 Å². The monoisotopic (exact) mass is 223 g/mol. The number of nitrogens with one attached hydrogen (secondary N) is 1. The van der Waals surface area contributed by atoms with Crippen LogP contribution in [0.4, 0.5) is 0 Å². The summed E-state index contributed by atoms with van der Waals surface area (Å²) in [6, 6.07) is 0.625. The lowest BCUT2D eigenvalue weighted by molar-refractivity contribution is 0.322. The maximum atomic E-state index is 3.73. The Labute approximate surface area is 102 Å². The molecular weight excluding hydrogens is 194 g/mol. The molecule has 0 aromatic carbocycles. The highest BCUT2D eigenvalue weighted by atomic mass is 14.9. The lowest BCUT2D eigenvalue weighted by Gasteiger charge is -2.30. The molecule has 0 aliphatic heterocycles. The molecule has 1 atom stereocenters. The third-order valence-corrected chi connectivity index (χ3v) is 3.23. The second-order valence-electron chi connectivity index (χ2n) is 6.30. The molecule has 1 unspecified atom stereocenters. The van der Waals surface area contributed by atoms with Gasteiger partial charge in [0.05, 0.1) is 0 Å². The van der Waals surface area contributed by atoms with Gasteiger partial charge < -0.3 is 5.32 Å². The average Bonchev–Trinajstić information content (AvgIpc) is 2.24. The van der Waals surface area contributed by atoms with Crippen LogP contribution in [0.5, 0.6) is 0 Å². The molecule has 1 aliphatic rings. The van der Waals surface area contributed by atoms with Gasteiger partial charge in [0.25, 0.3) is 0 Å². The Morgan fingerprint density at radius 1 is 1.31 bits per heavy atom. The lowest BCUT2D eigenvalue weighted by atomic mass is 9.82. The standard InChI is InChI=1S/C15H29N/c1-5-11-16-14(12-15(2,3)4)13-9-7-6-8-10-13/h9,14,16H,5-8,10-12H2,1-4H3. The van der Waals surface area contributed by atoms with Crippen molar-refractivity contribution < 1.29 is 0 Å². The zero-order chi connectivity index (χ0) is 12.0. The smallest absolute Gasteiger partial charge is 0.0284 e. The quantitative estimate of drug-likeness (QED) is 0.686. The number of hydrogen-bond donors (Lipinski definition) is 1. The summed E-state index contributed by atoms with van der Waals surface area (Å²) in [6.07, 6.45) is 10.4. The molecule has 0 fully saturated rings. The minimum Gasteiger partial charge on any atom is -0.310 e. The zero-order valence-electron chi connectivity index (χ0n) is 11.6. The van der Waals surface area contributed by atoms with Crippen LogP contribution in [-0.4, -0.2) is 12.6 Å². The Kier molecular flexibility index (Phi) is 5.54. The van der Waals surface area contributed by atoms with Crippen LogP contribution in [0.3, 0.4) is 0 Å². The van der Waals surface area contributed by atoms with Crippen LogP contribution in [0.2, 0.25) is 0 Å². The third-order valence-electron chi connectivity index (χ3n) is 3.23. The van der Waals surface area contributed by atoms with Gasteiger partial charge in [-0.1, -0.05) is 39.3 Å². The van der Waals surface area contributed by atoms with E-state index in [4.69, 9.17) is 0 Å². The summed E-state index contributed by atoms with van der Waals surface area (Å²) >= 11 is 0. The molecule has 0 bridgehead atoms. The zero-order valence-corrected chi connectivity index (χ0v) is 11.6. The predicted octanol–water partition coefficient (Wildman–Crippen LogP) is 4.29. The molecule has 1 nitrogen and oxygen atoms in total. The predicted molar refractivity (Wildman–Crippen MR) is 72.7 cm³/mol. The molecule has 1 N–H and O–H groups in total. The first kappa shape index (κ1) is 13.8. The van der Waals surface area contributed by atoms with Crippen LogP contribution >= 0.6 is 0 Å². The molecule has 0 heterocycles. The molecule has 0 aromatic heterocycles. The van der Waals surface area contributed by atoms with E-state index in [9.17, 15) is 0 Å². The van der Waals surface area contributed by atoms with E-state index >= 15 is 0 Å². The van der Waals surface area contributed by atoms with Gasteiger partial charge in [-0.3, -0.25) is 0 Å². The van der Waals surface area contributed by atoms with E-state index < -0.39 is 0 Å². The van der Waals surface area contributed by atoms with Gasteiger partial charge in [-0.2, -0.15) is 0 Å². The molecule has 0 spiro atoms. The van der Waals surface area contributed by atoms with Crippen molar-refractivity contribution in [3.63, 3.8) is 0 Å². The van der Waals surface area contributed by atoms with E-state index in [0.29, 0.717) is 11.5 Å². The molecule has 0 saturated heterocycles. The molecule has 1 heteroatoms. The fraction of sp³-hybridized carbons (Fsp3) is 0.867. The van der Waals surface area contributed by atoms with Crippen LogP contribution in [0, 0.1) is 5.41 Å². The van der Waals surface area contributed by atoms with Crippen LogP contribution in [-0.2, 0) is 0 Å². The summed E-state index contributed by atoms with van der Waals surface area (Å²) < 4.78 is 0. The largest absolute Gasteiger partial charge is 0.310 e. The van der Waals surface area contributed by atoms with Crippen molar-refractivity contribution in [3.8, 4) is 0 Å². The number of hydrogen-bond acceptors (Lipinski definition) is 1. The fourth-order valence-corrected chi connectivity index (χ4v) is 2.44. The van der Waals surface area contributed by atoms with E-state index in [1.165, 1.54) is 38.5 Å². The van der Waals surface area contributed by atoms with Crippen LogP contribution in [0.25, 0.3) is 0 Å². The van der Waals surface area contributed by atoms with Crippen molar-refractivity contribution in [2.24, 2.45) is 5.41 Å². The maximum absolute atomic E-state index is 3.73. The van der Waals surface area contributed by atoms with Crippen LogP contribution < -0.4 is 5.32 Å². The average molecular weight is 223 g/mol. The van der Waals surface area contributed by atoms with Crippen LogP contribution in [0.1, 0.15) is 66.2 Å². The Bertz CT molecular complexity index is 222. The third kappa shape index (κ3) is 5.16. The summed E-state index contributed by atoms with van der Waals surface area (Å²) in [5, 5.41) is 3.73. The van der Waals surface area contributed by atoms with Gasteiger partial charge >= 0.3 is 0 Å². The molecule has 0 radical (unpaired) electrons. The fourth-order valence-electron chi connectivity index (χ4n) is 2.44. The molecule has 1 aliphatic carbocycles. The highest BCUT2D eigenvalue weighted by Gasteiger charge is 2.21. The van der Waals surface area contributed by atoms with Gasteiger partial charge in [-0.15, -0.1) is 0 Å². The molecule has 0 amide bonds. The van der Waals surface area contributed by atoms with Crippen LogP contribution in [0.15, 0.2) is 11.6 Å². The van der Waals surface area contributed by atoms with Gasteiger partial charge in [0.2, 0.25) is 0 Å². The van der Waals surface area contributed by atoms with E-state index in [1.807, 2.05) is 0 Å². The van der Waals surface area contributed by atoms with Gasteiger partial charge in [-0.25, -0.2) is 0 Å². The first-order chi connectivity index (χ1) is 7.53. The molecule has 1 rings (SSSR count). The summed E-state index contributed by atoms with van der Waals surface area (Å²) in [7, 11) is 0. The Hall–Kier alpha value is -0.300.